The van der Waals surface area contributed by atoms with Gasteiger partial charge in [0.1, 0.15) is 0 Å². The molecule has 0 atom stereocenters. The summed E-state index contributed by atoms with van der Waals surface area (Å²) >= 11 is 0. The van der Waals surface area contributed by atoms with Crippen LogP contribution in [0.5, 0.6) is 0 Å². The van der Waals surface area contributed by atoms with E-state index in [9.17, 15) is 9.59 Å². The number of carbonyl (C=O) groups excluding carboxylic acids is 1. The average molecular weight is 285 g/mol. The van der Waals surface area contributed by atoms with Gasteiger partial charge >= 0.3 is 5.97 Å². The second kappa shape index (κ2) is 5.40. The van der Waals surface area contributed by atoms with Gasteiger partial charge in [-0.15, -0.1) is 0 Å². The summed E-state index contributed by atoms with van der Waals surface area (Å²) in [6, 6.07) is 6.04. The van der Waals surface area contributed by atoms with Gasteiger partial charge in [-0.2, -0.15) is 5.10 Å². The van der Waals surface area contributed by atoms with Crippen molar-refractivity contribution < 1.29 is 14.7 Å². The topological polar surface area (TPSA) is 84.2 Å². The number of rotatable bonds is 5. The summed E-state index contributed by atoms with van der Waals surface area (Å²) < 4.78 is 1.79. The molecule has 1 amide bonds. The number of carboxylic acid groups (broad SMARTS) is 1. The number of hydrogen-bond acceptors (Lipinski definition) is 3. The fourth-order valence-corrected chi connectivity index (χ4v) is 2.05. The van der Waals surface area contributed by atoms with Crippen LogP contribution in [0.15, 0.2) is 36.7 Å². The molecular formula is C15H15N3O3. The smallest absolute Gasteiger partial charge is 0.335 e. The van der Waals surface area contributed by atoms with Gasteiger partial charge in [0.05, 0.1) is 17.3 Å². The third kappa shape index (κ3) is 3.28. The van der Waals surface area contributed by atoms with Crippen molar-refractivity contribution in [3.8, 4) is 0 Å². The van der Waals surface area contributed by atoms with Crippen LogP contribution in [0.2, 0.25) is 0 Å². The first kappa shape index (κ1) is 13.4. The molecule has 6 heteroatoms. The first-order valence-electron chi connectivity index (χ1n) is 6.79. The fraction of sp³-hybridized carbons (Fsp3) is 0.267. The first-order valence-corrected chi connectivity index (χ1v) is 6.79. The number of nitrogens with zero attached hydrogens (tertiary/aromatic N) is 2. The molecule has 0 bridgehead atoms. The maximum atomic E-state index is 12.1. The third-order valence-corrected chi connectivity index (χ3v) is 3.43. The maximum Gasteiger partial charge on any atom is 0.335 e. The molecule has 21 heavy (non-hydrogen) atoms. The van der Waals surface area contributed by atoms with Crippen molar-refractivity contribution in [2.75, 3.05) is 5.32 Å². The van der Waals surface area contributed by atoms with E-state index in [0.29, 0.717) is 17.2 Å². The minimum absolute atomic E-state index is 0.185. The van der Waals surface area contributed by atoms with Crippen molar-refractivity contribution in [2.45, 2.75) is 19.4 Å². The van der Waals surface area contributed by atoms with Gasteiger partial charge in [0.2, 0.25) is 0 Å². The van der Waals surface area contributed by atoms with Crippen molar-refractivity contribution in [2.24, 2.45) is 5.92 Å². The Morgan fingerprint density at radius 1 is 1.24 bits per heavy atom. The van der Waals surface area contributed by atoms with Crippen LogP contribution in [0.3, 0.4) is 0 Å². The Bertz CT molecular complexity index is 672. The molecule has 0 saturated heterocycles. The molecule has 1 aliphatic carbocycles. The van der Waals surface area contributed by atoms with Crippen LogP contribution in [0.1, 0.15) is 33.6 Å². The summed E-state index contributed by atoms with van der Waals surface area (Å²) in [4.78, 5) is 22.8. The molecule has 2 N–H and O–H groups in total. The van der Waals surface area contributed by atoms with E-state index in [4.69, 9.17) is 5.11 Å². The zero-order valence-corrected chi connectivity index (χ0v) is 11.3. The molecule has 0 aliphatic heterocycles. The van der Waals surface area contributed by atoms with Gasteiger partial charge in [-0.1, -0.05) is 0 Å². The van der Waals surface area contributed by atoms with E-state index in [-0.39, 0.29) is 11.5 Å². The van der Waals surface area contributed by atoms with Crippen LogP contribution in [-0.4, -0.2) is 26.8 Å². The quantitative estimate of drug-likeness (QED) is 0.882. The predicted octanol–water partition coefficient (Wildman–Crippen LogP) is 2.24. The Labute approximate surface area is 121 Å². The van der Waals surface area contributed by atoms with E-state index < -0.39 is 5.97 Å². The lowest BCUT2D eigenvalue weighted by atomic mass is 10.2. The van der Waals surface area contributed by atoms with Gasteiger partial charge in [0.15, 0.2) is 0 Å². The Hall–Kier alpha value is -2.63. The van der Waals surface area contributed by atoms with Crippen molar-refractivity contribution in [1.29, 1.82) is 0 Å². The second-order valence-electron chi connectivity index (χ2n) is 5.23. The van der Waals surface area contributed by atoms with E-state index in [0.717, 1.165) is 6.54 Å². The van der Waals surface area contributed by atoms with Gasteiger partial charge in [-0.05, 0) is 43.0 Å². The predicted molar refractivity (Wildman–Crippen MR) is 76.3 cm³/mol. The van der Waals surface area contributed by atoms with Crippen molar-refractivity contribution in [1.82, 2.24) is 9.78 Å². The normalized spacial score (nSPS) is 13.9. The van der Waals surface area contributed by atoms with Gasteiger partial charge in [0, 0.05) is 18.4 Å². The standard InChI is InChI=1S/C15H15N3O3/c19-14(12-7-16-18(9-12)8-10-1-2-10)17-13-5-3-11(4-6-13)15(20)21/h3-7,9-10H,1-2,8H2,(H,17,19)(H,20,21). The Morgan fingerprint density at radius 3 is 2.57 bits per heavy atom. The molecule has 108 valence electrons. The van der Waals surface area contributed by atoms with Crippen LogP contribution in [0, 0.1) is 5.92 Å². The van der Waals surface area contributed by atoms with Crippen LogP contribution >= 0.6 is 0 Å². The minimum Gasteiger partial charge on any atom is -0.478 e. The van der Waals surface area contributed by atoms with Gasteiger partial charge < -0.3 is 10.4 Å². The fourth-order valence-electron chi connectivity index (χ4n) is 2.05. The molecular weight excluding hydrogens is 270 g/mol. The number of hydrogen-bond donors (Lipinski definition) is 2. The summed E-state index contributed by atoms with van der Waals surface area (Å²) in [5.41, 5.74) is 1.24. The van der Waals surface area contributed by atoms with Crippen LogP contribution in [0.4, 0.5) is 5.69 Å². The highest BCUT2D eigenvalue weighted by Gasteiger charge is 2.22. The lowest BCUT2D eigenvalue weighted by molar-refractivity contribution is 0.0696. The van der Waals surface area contributed by atoms with Crippen LogP contribution < -0.4 is 5.32 Å². The summed E-state index contributed by atoms with van der Waals surface area (Å²) in [6.45, 7) is 0.862. The number of amides is 1. The first-order chi connectivity index (χ1) is 10.1. The molecule has 1 heterocycles. The monoisotopic (exact) mass is 285 g/mol. The number of nitrogens with one attached hydrogen (secondary N) is 1. The molecule has 3 rings (SSSR count). The number of carbonyl (C=O) groups is 2. The van der Waals surface area contributed by atoms with Crippen molar-refractivity contribution >= 4 is 17.6 Å². The zero-order chi connectivity index (χ0) is 14.8. The second-order valence-corrected chi connectivity index (χ2v) is 5.23. The number of carboxylic acids is 1. The molecule has 0 radical (unpaired) electrons. The Kier molecular flexibility index (Phi) is 3.43. The van der Waals surface area contributed by atoms with Gasteiger partial charge in [-0.3, -0.25) is 9.48 Å². The lowest BCUT2D eigenvalue weighted by Gasteiger charge is -2.03. The van der Waals surface area contributed by atoms with Gasteiger partial charge in [-0.25, -0.2) is 4.79 Å². The summed E-state index contributed by atoms with van der Waals surface area (Å²) in [5, 5.41) is 15.7. The van der Waals surface area contributed by atoms with E-state index in [2.05, 4.69) is 10.4 Å². The highest BCUT2D eigenvalue weighted by atomic mass is 16.4. The average Bonchev–Trinajstić information content (AvgIpc) is 3.14. The largest absolute Gasteiger partial charge is 0.478 e. The molecule has 1 aromatic carbocycles. The Morgan fingerprint density at radius 2 is 1.95 bits per heavy atom. The van der Waals surface area contributed by atoms with E-state index in [1.807, 2.05) is 0 Å². The number of aromatic nitrogens is 2. The SMILES string of the molecule is O=C(O)c1ccc(NC(=O)c2cnn(CC3CC3)c2)cc1. The van der Waals surface area contributed by atoms with Crippen LogP contribution in [-0.2, 0) is 6.54 Å². The molecule has 0 unspecified atom stereocenters. The van der Waals surface area contributed by atoms with Crippen molar-refractivity contribution in [3.05, 3.63) is 47.8 Å². The Balaban J connectivity index is 1.64. The third-order valence-electron chi connectivity index (χ3n) is 3.43. The molecule has 0 spiro atoms. The maximum absolute atomic E-state index is 12.1. The van der Waals surface area contributed by atoms with Crippen LogP contribution in [0.25, 0.3) is 0 Å². The molecule has 1 fully saturated rings. The molecule has 6 nitrogen and oxygen atoms in total. The van der Waals surface area contributed by atoms with Gasteiger partial charge in [0.25, 0.3) is 5.91 Å². The summed E-state index contributed by atoms with van der Waals surface area (Å²) in [6.07, 6.45) is 5.75. The number of aromatic carboxylic acids is 1. The summed E-state index contributed by atoms with van der Waals surface area (Å²) in [5.74, 6) is -0.543. The molecule has 1 aliphatic rings. The summed E-state index contributed by atoms with van der Waals surface area (Å²) in [7, 11) is 0. The van der Waals surface area contributed by atoms with Crippen molar-refractivity contribution in [3.63, 3.8) is 0 Å². The minimum atomic E-state index is -0.991. The highest BCUT2D eigenvalue weighted by Crippen LogP contribution is 2.30. The molecule has 2 aromatic rings. The van der Waals surface area contributed by atoms with E-state index in [1.54, 1.807) is 29.2 Å². The zero-order valence-electron chi connectivity index (χ0n) is 11.3. The highest BCUT2D eigenvalue weighted by molar-refractivity contribution is 6.04. The van der Waals surface area contributed by atoms with E-state index >= 15 is 0 Å². The number of benzene rings is 1. The van der Waals surface area contributed by atoms with E-state index in [1.165, 1.54) is 25.0 Å². The molecule has 1 aromatic heterocycles. The molecule has 1 saturated carbocycles. The number of anilines is 1. The lowest BCUT2D eigenvalue weighted by Crippen LogP contribution is -2.11.